The summed E-state index contributed by atoms with van der Waals surface area (Å²) in [5.41, 5.74) is 0. The van der Waals surface area contributed by atoms with E-state index < -0.39 is 0 Å². The van der Waals surface area contributed by atoms with Gasteiger partial charge in [0.2, 0.25) is 0 Å². The second-order valence-electron chi connectivity index (χ2n) is 3.45. The van der Waals surface area contributed by atoms with Crippen LogP contribution in [0.3, 0.4) is 0 Å². The highest BCUT2D eigenvalue weighted by Crippen LogP contribution is 2.02. The van der Waals surface area contributed by atoms with Gasteiger partial charge in [0.25, 0.3) is 0 Å². The maximum Gasteiger partial charge on any atom is 0.0240 e. The molecule has 1 nitrogen and oxygen atoms in total. The van der Waals surface area contributed by atoms with E-state index in [-0.39, 0.29) is 0 Å². The summed E-state index contributed by atoms with van der Waals surface area (Å²) in [4.78, 5) is 0. The number of nitrogens with one attached hydrogen (secondary N) is 1. The minimum atomic E-state index is 0.477. The molecule has 0 aromatic rings. The fraction of sp³-hybridized carbons (Fsp3) is 0.667. The highest BCUT2D eigenvalue weighted by atomic mass is 14.9. The van der Waals surface area contributed by atoms with Crippen molar-refractivity contribution in [3.8, 4) is 12.3 Å². The van der Waals surface area contributed by atoms with Crippen molar-refractivity contribution in [2.24, 2.45) is 0 Å². The third-order valence-corrected chi connectivity index (χ3v) is 2.18. The molecule has 0 bridgehead atoms. The van der Waals surface area contributed by atoms with E-state index in [9.17, 15) is 0 Å². The molecule has 1 N–H and O–H groups in total. The lowest BCUT2D eigenvalue weighted by molar-refractivity contribution is 0.424. The van der Waals surface area contributed by atoms with Gasteiger partial charge in [-0.15, -0.1) is 18.9 Å². The van der Waals surface area contributed by atoms with E-state index in [1.807, 2.05) is 6.08 Å². The van der Waals surface area contributed by atoms with Crippen LogP contribution in [0.4, 0.5) is 0 Å². The highest BCUT2D eigenvalue weighted by molar-refractivity contribution is 4.90. The van der Waals surface area contributed by atoms with Crippen LogP contribution in [0.2, 0.25) is 0 Å². The summed E-state index contributed by atoms with van der Waals surface area (Å²) in [6.07, 6.45) is 11.4. The summed E-state index contributed by atoms with van der Waals surface area (Å²) >= 11 is 0. The number of allylic oxidation sites excluding steroid dienone is 1. The van der Waals surface area contributed by atoms with Gasteiger partial charge in [-0.3, -0.25) is 0 Å². The fourth-order valence-corrected chi connectivity index (χ4v) is 1.32. The zero-order valence-corrected chi connectivity index (χ0v) is 8.84. The van der Waals surface area contributed by atoms with Gasteiger partial charge in [0.15, 0.2) is 0 Å². The first-order valence-corrected chi connectivity index (χ1v) is 5.05. The second kappa shape index (κ2) is 7.89. The largest absolute Gasteiger partial charge is 0.311 e. The molecule has 0 amide bonds. The van der Waals surface area contributed by atoms with Gasteiger partial charge in [-0.05, 0) is 26.2 Å². The van der Waals surface area contributed by atoms with Crippen molar-refractivity contribution >= 4 is 0 Å². The van der Waals surface area contributed by atoms with E-state index in [0.29, 0.717) is 12.1 Å². The Labute approximate surface area is 82.6 Å². The Morgan fingerprint density at radius 1 is 1.62 bits per heavy atom. The molecule has 2 atom stereocenters. The molecule has 0 radical (unpaired) electrons. The number of hydrogen-bond acceptors (Lipinski definition) is 1. The van der Waals surface area contributed by atoms with E-state index >= 15 is 0 Å². The molecule has 0 fully saturated rings. The first kappa shape index (κ1) is 12.3. The van der Waals surface area contributed by atoms with Crippen molar-refractivity contribution in [3.05, 3.63) is 12.7 Å². The van der Waals surface area contributed by atoms with E-state index in [0.717, 1.165) is 25.7 Å². The van der Waals surface area contributed by atoms with Gasteiger partial charge in [-0.1, -0.05) is 13.0 Å². The molecule has 1 heteroatoms. The molecular formula is C12H21N. The van der Waals surface area contributed by atoms with Crippen LogP contribution in [0.25, 0.3) is 0 Å². The lowest BCUT2D eigenvalue weighted by Crippen LogP contribution is -2.35. The predicted molar refractivity (Wildman–Crippen MR) is 59.6 cm³/mol. The summed E-state index contributed by atoms with van der Waals surface area (Å²) in [5.74, 6) is 2.70. The summed E-state index contributed by atoms with van der Waals surface area (Å²) in [7, 11) is 0. The monoisotopic (exact) mass is 179 g/mol. The van der Waals surface area contributed by atoms with Crippen molar-refractivity contribution in [1.29, 1.82) is 0 Å². The van der Waals surface area contributed by atoms with Crippen LogP contribution in [0.5, 0.6) is 0 Å². The quantitative estimate of drug-likeness (QED) is 0.468. The standard InChI is InChI=1S/C12H21N/c1-5-8-10-11(4)13-12(7-3)9-6-2/h2,5,11-13H,1,7-10H2,3-4H3. The van der Waals surface area contributed by atoms with Crippen molar-refractivity contribution in [3.63, 3.8) is 0 Å². The van der Waals surface area contributed by atoms with Crippen LogP contribution in [-0.2, 0) is 0 Å². The lowest BCUT2D eigenvalue weighted by atomic mass is 10.1. The number of terminal acetylenes is 1. The van der Waals surface area contributed by atoms with Gasteiger partial charge < -0.3 is 5.32 Å². The van der Waals surface area contributed by atoms with E-state index in [1.54, 1.807) is 0 Å². The Morgan fingerprint density at radius 2 is 2.31 bits per heavy atom. The summed E-state index contributed by atoms with van der Waals surface area (Å²) < 4.78 is 0. The van der Waals surface area contributed by atoms with Crippen molar-refractivity contribution < 1.29 is 0 Å². The minimum Gasteiger partial charge on any atom is -0.311 e. The second-order valence-corrected chi connectivity index (χ2v) is 3.45. The molecule has 0 saturated carbocycles. The summed E-state index contributed by atoms with van der Waals surface area (Å²) in [6, 6.07) is 1.01. The van der Waals surface area contributed by atoms with Gasteiger partial charge in [0, 0.05) is 18.5 Å². The first-order valence-electron chi connectivity index (χ1n) is 5.05. The Bertz CT molecular complexity index is 166. The van der Waals surface area contributed by atoms with E-state index in [1.165, 1.54) is 0 Å². The van der Waals surface area contributed by atoms with E-state index in [2.05, 4.69) is 31.7 Å². The third-order valence-electron chi connectivity index (χ3n) is 2.18. The van der Waals surface area contributed by atoms with Gasteiger partial charge in [0.05, 0.1) is 0 Å². The van der Waals surface area contributed by atoms with Crippen molar-refractivity contribution in [1.82, 2.24) is 5.32 Å². The average Bonchev–Trinajstić information content (AvgIpc) is 2.14. The zero-order valence-electron chi connectivity index (χ0n) is 8.84. The van der Waals surface area contributed by atoms with Crippen LogP contribution in [0.15, 0.2) is 12.7 Å². The Morgan fingerprint density at radius 3 is 2.77 bits per heavy atom. The third kappa shape index (κ3) is 6.42. The lowest BCUT2D eigenvalue weighted by Gasteiger charge is -2.20. The molecule has 0 spiro atoms. The van der Waals surface area contributed by atoms with Gasteiger partial charge in [-0.25, -0.2) is 0 Å². The molecule has 0 aliphatic carbocycles. The van der Waals surface area contributed by atoms with Crippen LogP contribution < -0.4 is 5.32 Å². The minimum absolute atomic E-state index is 0.477. The Kier molecular flexibility index (Phi) is 7.44. The molecule has 0 aromatic carbocycles. The summed E-state index contributed by atoms with van der Waals surface area (Å²) in [5, 5.41) is 3.51. The van der Waals surface area contributed by atoms with Gasteiger partial charge in [0.1, 0.15) is 0 Å². The fourth-order valence-electron chi connectivity index (χ4n) is 1.32. The van der Waals surface area contributed by atoms with Gasteiger partial charge in [-0.2, -0.15) is 0 Å². The van der Waals surface area contributed by atoms with Crippen molar-refractivity contribution in [2.45, 2.75) is 51.6 Å². The van der Waals surface area contributed by atoms with Gasteiger partial charge >= 0.3 is 0 Å². The van der Waals surface area contributed by atoms with E-state index in [4.69, 9.17) is 6.42 Å². The molecule has 2 unspecified atom stereocenters. The Balaban J connectivity index is 3.66. The zero-order chi connectivity index (χ0) is 10.1. The first-order chi connectivity index (χ1) is 6.24. The maximum atomic E-state index is 5.27. The molecule has 74 valence electrons. The molecule has 0 aliphatic rings. The van der Waals surface area contributed by atoms with Crippen LogP contribution in [-0.4, -0.2) is 12.1 Å². The Hall–Kier alpha value is -0.740. The summed E-state index contributed by atoms with van der Waals surface area (Å²) in [6.45, 7) is 8.07. The molecule has 0 rings (SSSR count). The molecule has 0 aliphatic heterocycles. The number of hydrogen-bond donors (Lipinski definition) is 1. The van der Waals surface area contributed by atoms with Crippen LogP contribution in [0.1, 0.15) is 39.5 Å². The molecule has 0 saturated heterocycles. The topological polar surface area (TPSA) is 12.0 Å². The maximum absolute atomic E-state index is 5.27. The molecule has 0 aromatic heterocycles. The van der Waals surface area contributed by atoms with Crippen molar-refractivity contribution in [2.75, 3.05) is 0 Å². The predicted octanol–water partition coefficient (Wildman–Crippen LogP) is 2.73. The molecule has 0 heterocycles. The molecular weight excluding hydrogens is 158 g/mol. The SMILES string of the molecule is C#CCC(CC)NC(C)CCC=C. The normalized spacial score (nSPS) is 14.5. The highest BCUT2D eigenvalue weighted by Gasteiger charge is 2.07. The molecule has 13 heavy (non-hydrogen) atoms. The van der Waals surface area contributed by atoms with Crippen LogP contribution in [0, 0.1) is 12.3 Å². The smallest absolute Gasteiger partial charge is 0.0240 e. The average molecular weight is 179 g/mol. The number of rotatable bonds is 7. The van der Waals surface area contributed by atoms with Crippen LogP contribution >= 0.6 is 0 Å².